The van der Waals surface area contributed by atoms with Crippen LogP contribution in [0.1, 0.15) is 39.2 Å². The van der Waals surface area contributed by atoms with Crippen molar-refractivity contribution in [2.75, 3.05) is 6.54 Å². The minimum Gasteiger partial charge on any atom is -0.480 e. The van der Waals surface area contributed by atoms with Gasteiger partial charge in [0.05, 0.1) is 12.1 Å². The smallest absolute Gasteiger partial charge is 0.326 e. The number of carbonyl (C=O) groups is 4. The lowest BCUT2D eigenvalue weighted by atomic mass is 10.0. The Balaban J connectivity index is 1.68. The lowest BCUT2D eigenvalue weighted by Gasteiger charge is -2.31. The Labute approximate surface area is 209 Å². The highest BCUT2D eigenvalue weighted by Crippen LogP contribution is 2.21. The number of aromatic nitrogens is 1. The number of H-pyrrole nitrogens is 1. The SMILES string of the molecule is CC(C)C(NC(=O)C(NC(=O)C(N)Cc1c[nH]c2ccccc12)C(C)O)C(=O)N1CCCC1C(=O)O. The third-order valence-corrected chi connectivity index (χ3v) is 6.57. The molecule has 5 atom stereocenters. The first-order valence-corrected chi connectivity index (χ1v) is 12.1. The molecule has 3 amide bonds. The highest BCUT2D eigenvalue weighted by Gasteiger charge is 2.40. The Kier molecular flexibility index (Phi) is 8.70. The summed E-state index contributed by atoms with van der Waals surface area (Å²) in [5.74, 6) is -3.33. The largest absolute Gasteiger partial charge is 0.480 e. The van der Waals surface area contributed by atoms with E-state index in [1.54, 1.807) is 20.0 Å². The average molecular weight is 502 g/mol. The fraction of sp³-hybridized carbons (Fsp3) is 0.520. The maximum atomic E-state index is 13.1. The Bertz CT molecular complexity index is 1110. The lowest BCUT2D eigenvalue weighted by Crippen LogP contribution is -2.60. The van der Waals surface area contributed by atoms with Gasteiger partial charge in [0.15, 0.2) is 0 Å². The van der Waals surface area contributed by atoms with E-state index in [9.17, 15) is 29.4 Å². The zero-order valence-electron chi connectivity index (χ0n) is 20.7. The molecule has 5 unspecified atom stereocenters. The molecule has 2 heterocycles. The van der Waals surface area contributed by atoms with E-state index in [-0.39, 0.29) is 18.9 Å². The number of aromatic amines is 1. The van der Waals surface area contributed by atoms with E-state index in [0.717, 1.165) is 16.5 Å². The van der Waals surface area contributed by atoms with Gasteiger partial charge in [-0.1, -0.05) is 32.0 Å². The zero-order valence-corrected chi connectivity index (χ0v) is 20.7. The second-order valence-electron chi connectivity index (χ2n) is 9.66. The molecule has 0 spiro atoms. The highest BCUT2D eigenvalue weighted by molar-refractivity contribution is 5.95. The third kappa shape index (κ3) is 6.03. The Hall–Kier alpha value is -3.44. The Morgan fingerprint density at radius 1 is 1.11 bits per heavy atom. The number of nitrogens with two attached hydrogens (primary N) is 1. The molecule has 0 radical (unpaired) electrons. The first kappa shape index (κ1) is 27.2. The zero-order chi connectivity index (χ0) is 26.6. The molecule has 7 N–H and O–H groups in total. The monoisotopic (exact) mass is 501 g/mol. The van der Waals surface area contributed by atoms with Gasteiger partial charge in [0.25, 0.3) is 0 Å². The van der Waals surface area contributed by atoms with E-state index in [0.29, 0.717) is 12.8 Å². The van der Waals surface area contributed by atoms with Gasteiger partial charge >= 0.3 is 5.97 Å². The summed E-state index contributed by atoms with van der Waals surface area (Å²) >= 11 is 0. The number of aliphatic carboxylic acids is 1. The Morgan fingerprint density at radius 3 is 2.42 bits per heavy atom. The van der Waals surface area contributed by atoms with Crippen molar-refractivity contribution in [1.82, 2.24) is 20.5 Å². The molecule has 196 valence electrons. The van der Waals surface area contributed by atoms with Gasteiger partial charge in [-0.25, -0.2) is 4.79 Å². The number of carboxylic acids is 1. The second kappa shape index (κ2) is 11.5. The van der Waals surface area contributed by atoms with Gasteiger partial charge in [0, 0.05) is 23.6 Å². The molecule has 3 rings (SSSR count). The molecule has 36 heavy (non-hydrogen) atoms. The van der Waals surface area contributed by atoms with E-state index in [4.69, 9.17) is 5.73 Å². The predicted molar refractivity (Wildman–Crippen MR) is 133 cm³/mol. The summed E-state index contributed by atoms with van der Waals surface area (Å²) in [6, 6.07) is 3.30. The van der Waals surface area contributed by atoms with E-state index >= 15 is 0 Å². The first-order chi connectivity index (χ1) is 17.0. The molecule has 0 bridgehead atoms. The summed E-state index contributed by atoms with van der Waals surface area (Å²) in [4.78, 5) is 54.9. The third-order valence-electron chi connectivity index (χ3n) is 6.57. The number of rotatable bonds is 10. The molecule has 2 aromatic rings. The highest BCUT2D eigenvalue weighted by atomic mass is 16.4. The molecule has 1 aromatic heterocycles. The van der Waals surface area contributed by atoms with E-state index in [1.165, 1.54) is 11.8 Å². The number of likely N-dealkylation sites (tertiary alicyclic amines) is 1. The van der Waals surface area contributed by atoms with Gasteiger partial charge in [0.2, 0.25) is 17.7 Å². The number of nitrogens with zero attached hydrogens (tertiary/aromatic N) is 1. The number of hydrogen-bond donors (Lipinski definition) is 6. The number of amides is 3. The second-order valence-corrected chi connectivity index (χ2v) is 9.66. The van der Waals surface area contributed by atoms with Crippen LogP contribution in [0.4, 0.5) is 0 Å². The van der Waals surface area contributed by atoms with Gasteiger partial charge in [-0.2, -0.15) is 0 Å². The van der Waals surface area contributed by atoms with Crippen LogP contribution in [0.25, 0.3) is 10.9 Å². The lowest BCUT2D eigenvalue weighted by molar-refractivity contribution is -0.150. The van der Waals surface area contributed by atoms with Crippen molar-refractivity contribution in [3.8, 4) is 0 Å². The summed E-state index contributed by atoms with van der Waals surface area (Å²) in [5, 5.41) is 25.7. The number of hydrogen-bond acceptors (Lipinski definition) is 6. The van der Waals surface area contributed by atoms with Crippen LogP contribution in [0.15, 0.2) is 30.5 Å². The summed E-state index contributed by atoms with van der Waals surface area (Å²) in [7, 11) is 0. The number of carbonyl (C=O) groups excluding carboxylic acids is 3. The summed E-state index contributed by atoms with van der Waals surface area (Å²) < 4.78 is 0. The molecule has 1 aliphatic rings. The first-order valence-electron chi connectivity index (χ1n) is 12.1. The molecule has 1 fully saturated rings. The molecule has 11 nitrogen and oxygen atoms in total. The van der Waals surface area contributed by atoms with Crippen LogP contribution >= 0.6 is 0 Å². The maximum absolute atomic E-state index is 13.1. The maximum Gasteiger partial charge on any atom is 0.326 e. The van der Waals surface area contributed by atoms with Crippen LogP contribution < -0.4 is 16.4 Å². The van der Waals surface area contributed by atoms with Gasteiger partial charge in [0.1, 0.15) is 18.1 Å². The van der Waals surface area contributed by atoms with Crippen molar-refractivity contribution < 1.29 is 29.4 Å². The quantitative estimate of drug-likeness (QED) is 0.268. The number of nitrogens with one attached hydrogen (secondary N) is 3. The van der Waals surface area contributed by atoms with Crippen LogP contribution in [0.5, 0.6) is 0 Å². The minimum absolute atomic E-state index is 0.211. The number of aliphatic hydroxyl groups is 1. The van der Waals surface area contributed by atoms with Crippen LogP contribution in [0.2, 0.25) is 0 Å². The molecular formula is C25H35N5O6. The van der Waals surface area contributed by atoms with Crippen LogP contribution in [0, 0.1) is 5.92 Å². The van der Waals surface area contributed by atoms with Crippen LogP contribution in [-0.2, 0) is 25.6 Å². The van der Waals surface area contributed by atoms with Crippen molar-refractivity contribution in [2.24, 2.45) is 11.7 Å². The summed E-state index contributed by atoms with van der Waals surface area (Å²) in [5.41, 5.74) is 7.87. The van der Waals surface area contributed by atoms with Crippen LogP contribution in [0.3, 0.4) is 0 Å². The molecular weight excluding hydrogens is 466 g/mol. The summed E-state index contributed by atoms with van der Waals surface area (Å²) in [6.45, 7) is 5.08. The fourth-order valence-corrected chi connectivity index (χ4v) is 4.52. The van der Waals surface area contributed by atoms with Crippen molar-refractivity contribution in [3.05, 3.63) is 36.0 Å². The topological polar surface area (TPSA) is 178 Å². The standard InChI is InChI=1S/C25H35N5O6/c1-13(2)20(24(34)30-10-6-9-19(30)25(35)36)28-23(33)21(14(3)31)29-22(32)17(26)11-15-12-27-18-8-5-4-7-16(15)18/h4-5,7-8,12-14,17,19-21,27,31H,6,9-11,26H2,1-3H3,(H,28,33)(H,29,32)(H,35,36). The Morgan fingerprint density at radius 2 is 1.78 bits per heavy atom. The number of aliphatic hydroxyl groups excluding tert-OH is 1. The molecule has 0 aliphatic carbocycles. The molecule has 1 aliphatic heterocycles. The molecule has 1 saturated heterocycles. The number of fused-ring (bicyclic) bond motifs is 1. The van der Waals surface area contributed by atoms with Gasteiger partial charge in [-0.3, -0.25) is 14.4 Å². The number of para-hydroxylation sites is 1. The van der Waals surface area contributed by atoms with Gasteiger partial charge in [-0.05, 0) is 43.7 Å². The van der Waals surface area contributed by atoms with E-state index in [1.807, 2.05) is 24.3 Å². The van der Waals surface area contributed by atoms with E-state index < -0.39 is 54.0 Å². The molecule has 1 aromatic carbocycles. The normalized spacial score (nSPS) is 19.1. The molecule has 0 saturated carbocycles. The van der Waals surface area contributed by atoms with Gasteiger partial charge < -0.3 is 36.5 Å². The van der Waals surface area contributed by atoms with Gasteiger partial charge in [-0.15, -0.1) is 0 Å². The molecule has 11 heteroatoms. The fourth-order valence-electron chi connectivity index (χ4n) is 4.52. The number of carboxylic acid groups (broad SMARTS) is 1. The van der Waals surface area contributed by atoms with E-state index in [2.05, 4.69) is 15.6 Å². The van der Waals surface area contributed by atoms with Crippen molar-refractivity contribution in [1.29, 1.82) is 0 Å². The number of benzene rings is 1. The predicted octanol–water partition coefficient (Wildman–Crippen LogP) is 0.120. The summed E-state index contributed by atoms with van der Waals surface area (Å²) in [6.07, 6.45) is 1.62. The van der Waals surface area contributed by atoms with Crippen molar-refractivity contribution in [3.63, 3.8) is 0 Å². The minimum atomic E-state index is -1.35. The average Bonchev–Trinajstić information content (AvgIpc) is 3.47. The van der Waals surface area contributed by atoms with Crippen molar-refractivity contribution in [2.45, 2.75) is 70.3 Å². The van der Waals surface area contributed by atoms with Crippen LogP contribution in [-0.4, -0.2) is 80.6 Å². The van der Waals surface area contributed by atoms with Crippen molar-refractivity contribution >= 4 is 34.6 Å².